The number of benzene rings is 1. The van der Waals surface area contributed by atoms with Gasteiger partial charge in [-0.05, 0) is 18.2 Å². The summed E-state index contributed by atoms with van der Waals surface area (Å²) in [7, 11) is 0. The topological polar surface area (TPSA) is 38.9 Å². The molecule has 1 aromatic heterocycles. The molecule has 2 nitrogen and oxygen atoms in total. The van der Waals surface area contributed by atoms with Crippen molar-refractivity contribution in [2.24, 2.45) is 0 Å². The first-order valence-corrected chi connectivity index (χ1v) is 4.14. The van der Waals surface area contributed by atoms with E-state index in [1.807, 2.05) is 42.5 Å². The maximum absolute atomic E-state index is 5.81. The number of nitrogens with zero attached hydrogens (tertiary/aromatic N) is 1. The summed E-state index contributed by atoms with van der Waals surface area (Å²) in [4.78, 5) is 4.23. The van der Waals surface area contributed by atoms with Gasteiger partial charge in [-0.3, -0.25) is 4.98 Å². The highest BCUT2D eigenvalue weighted by Crippen LogP contribution is 2.22. The van der Waals surface area contributed by atoms with Crippen LogP contribution in [-0.2, 0) is 0 Å². The Bertz CT molecular complexity index is 401. The zero-order valence-electron chi connectivity index (χ0n) is 7.55. The van der Waals surface area contributed by atoms with E-state index in [1.54, 1.807) is 6.20 Å². The van der Waals surface area contributed by atoms with Crippen molar-refractivity contribution >= 4 is 18.1 Å². The van der Waals surface area contributed by atoms with Crippen LogP contribution in [0.15, 0.2) is 48.7 Å². The Balaban J connectivity index is 0.000000980. The highest BCUT2D eigenvalue weighted by atomic mass is 35.5. The van der Waals surface area contributed by atoms with Crippen LogP contribution in [0.4, 0.5) is 5.69 Å². The number of rotatable bonds is 1. The lowest BCUT2D eigenvalue weighted by molar-refractivity contribution is 1.33. The molecule has 0 saturated carbocycles. The summed E-state index contributed by atoms with van der Waals surface area (Å²) >= 11 is 0. The highest BCUT2D eigenvalue weighted by molar-refractivity contribution is 5.85. The maximum Gasteiger partial charge on any atom is 0.0722 e. The van der Waals surface area contributed by atoms with Crippen molar-refractivity contribution < 1.29 is 0 Å². The summed E-state index contributed by atoms with van der Waals surface area (Å²) < 4.78 is 0. The number of nitrogens with two attached hydrogens (primary N) is 1. The van der Waals surface area contributed by atoms with Crippen molar-refractivity contribution in [2.45, 2.75) is 0 Å². The van der Waals surface area contributed by atoms with Crippen molar-refractivity contribution in [3.8, 4) is 11.3 Å². The fraction of sp³-hybridized carbons (Fsp3) is 0. The normalized spacial score (nSPS) is 9.14. The molecule has 0 amide bonds. The lowest BCUT2D eigenvalue weighted by Crippen LogP contribution is -1.90. The summed E-state index contributed by atoms with van der Waals surface area (Å²) in [6.45, 7) is 0. The maximum atomic E-state index is 5.81. The van der Waals surface area contributed by atoms with Gasteiger partial charge in [0.05, 0.1) is 5.69 Å². The number of hydrogen-bond acceptors (Lipinski definition) is 2. The van der Waals surface area contributed by atoms with Gasteiger partial charge in [-0.25, -0.2) is 0 Å². The number of aromatic nitrogens is 1. The molecular formula is C11H11ClN2. The Kier molecular flexibility index (Phi) is 3.48. The molecule has 0 spiro atoms. The molecule has 1 heterocycles. The number of halogens is 1. The summed E-state index contributed by atoms with van der Waals surface area (Å²) in [5.74, 6) is 0. The Morgan fingerprint density at radius 1 is 0.929 bits per heavy atom. The zero-order valence-corrected chi connectivity index (χ0v) is 8.37. The molecule has 2 rings (SSSR count). The van der Waals surface area contributed by atoms with Gasteiger partial charge in [0, 0.05) is 17.4 Å². The molecule has 2 aromatic rings. The second-order valence-corrected chi connectivity index (χ2v) is 2.80. The van der Waals surface area contributed by atoms with Crippen molar-refractivity contribution in [1.82, 2.24) is 4.98 Å². The highest BCUT2D eigenvalue weighted by Gasteiger charge is 2.00. The molecular weight excluding hydrogens is 196 g/mol. The van der Waals surface area contributed by atoms with Crippen molar-refractivity contribution in [3.63, 3.8) is 0 Å². The molecule has 1 aromatic carbocycles. The third-order valence-corrected chi connectivity index (χ3v) is 1.90. The standard InChI is InChI=1S/C11H10N2.ClH/c12-10-6-2-1-5-9(10)11-7-3-4-8-13-11;/h1-8H,12H2;1H. The van der Waals surface area contributed by atoms with Crippen LogP contribution < -0.4 is 5.73 Å². The Labute approximate surface area is 89.2 Å². The summed E-state index contributed by atoms with van der Waals surface area (Å²) in [5, 5.41) is 0. The molecule has 0 bridgehead atoms. The third kappa shape index (κ3) is 2.03. The Morgan fingerprint density at radius 2 is 1.64 bits per heavy atom. The lowest BCUT2D eigenvalue weighted by atomic mass is 10.1. The number of anilines is 1. The fourth-order valence-corrected chi connectivity index (χ4v) is 1.25. The Morgan fingerprint density at radius 3 is 2.29 bits per heavy atom. The monoisotopic (exact) mass is 206 g/mol. The Hall–Kier alpha value is -1.54. The van der Waals surface area contributed by atoms with Crippen LogP contribution in [0.1, 0.15) is 0 Å². The minimum Gasteiger partial charge on any atom is -0.398 e. The van der Waals surface area contributed by atoms with Crippen LogP contribution >= 0.6 is 12.4 Å². The fourth-order valence-electron chi connectivity index (χ4n) is 1.25. The minimum absolute atomic E-state index is 0. The average Bonchev–Trinajstić information content (AvgIpc) is 2.20. The number of para-hydroxylation sites is 1. The van der Waals surface area contributed by atoms with E-state index in [1.165, 1.54) is 0 Å². The van der Waals surface area contributed by atoms with E-state index in [-0.39, 0.29) is 12.4 Å². The molecule has 0 saturated heterocycles. The summed E-state index contributed by atoms with van der Waals surface area (Å²) in [5.41, 5.74) is 8.48. The third-order valence-electron chi connectivity index (χ3n) is 1.90. The average molecular weight is 207 g/mol. The van der Waals surface area contributed by atoms with Crippen LogP contribution in [-0.4, -0.2) is 4.98 Å². The van der Waals surface area contributed by atoms with Gasteiger partial charge in [0.25, 0.3) is 0 Å². The van der Waals surface area contributed by atoms with Gasteiger partial charge in [-0.15, -0.1) is 12.4 Å². The van der Waals surface area contributed by atoms with Gasteiger partial charge >= 0.3 is 0 Å². The zero-order chi connectivity index (χ0) is 9.10. The van der Waals surface area contributed by atoms with Crippen LogP contribution in [0.5, 0.6) is 0 Å². The van der Waals surface area contributed by atoms with Gasteiger partial charge in [-0.2, -0.15) is 0 Å². The second kappa shape index (κ2) is 4.63. The van der Waals surface area contributed by atoms with Crippen LogP contribution in [0, 0.1) is 0 Å². The molecule has 0 fully saturated rings. The molecule has 0 aliphatic rings. The molecule has 3 heteroatoms. The van der Waals surface area contributed by atoms with Gasteiger partial charge in [0.2, 0.25) is 0 Å². The minimum atomic E-state index is 0. The van der Waals surface area contributed by atoms with E-state index in [2.05, 4.69) is 4.98 Å². The SMILES string of the molecule is Cl.Nc1ccccc1-c1ccccn1. The van der Waals surface area contributed by atoms with Gasteiger partial charge in [0.1, 0.15) is 0 Å². The van der Waals surface area contributed by atoms with Gasteiger partial charge in [0.15, 0.2) is 0 Å². The van der Waals surface area contributed by atoms with Crippen LogP contribution in [0.25, 0.3) is 11.3 Å². The molecule has 0 atom stereocenters. The first-order chi connectivity index (χ1) is 6.38. The van der Waals surface area contributed by atoms with Gasteiger partial charge in [-0.1, -0.05) is 24.3 Å². The number of pyridine rings is 1. The van der Waals surface area contributed by atoms with E-state index < -0.39 is 0 Å². The smallest absolute Gasteiger partial charge is 0.0722 e. The second-order valence-electron chi connectivity index (χ2n) is 2.80. The number of nitrogen functional groups attached to an aromatic ring is 1. The van der Waals surface area contributed by atoms with E-state index in [0.29, 0.717) is 0 Å². The number of hydrogen-bond donors (Lipinski definition) is 1. The van der Waals surface area contributed by atoms with E-state index in [4.69, 9.17) is 5.73 Å². The molecule has 2 N–H and O–H groups in total. The molecule has 0 unspecified atom stereocenters. The summed E-state index contributed by atoms with van der Waals surface area (Å²) in [6.07, 6.45) is 1.77. The van der Waals surface area contributed by atoms with E-state index in [9.17, 15) is 0 Å². The van der Waals surface area contributed by atoms with Crippen molar-refractivity contribution in [2.75, 3.05) is 5.73 Å². The van der Waals surface area contributed by atoms with Crippen LogP contribution in [0.3, 0.4) is 0 Å². The predicted molar refractivity (Wildman–Crippen MR) is 61.3 cm³/mol. The molecule has 0 radical (unpaired) electrons. The first-order valence-electron chi connectivity index (χ1n) is 4.14. The predicted octanol–water partition coefficient (Wildman–Crippen LogP) is 2.75. The molecule has 72 valence electrons. The van der Waals surface area contributed by atoms with Crippen LogP contribution in [0.2, 0.25) is 0 Å². The van der Waals surface area contributed by atoms with Crippen molar-refractivity contribution in [3.05, 3.63) is 48.7 Å². The van der Waals surface area contributed by atoms with E-state index >= 15 is 0 Å². The molecule has 14 heavy (non-hydrogen) atoms. The quantitative estimate of drug-likeness (QED) is 0.729. The summed E-state index contributed by atoms with van der Waals surface area (Å²) in [6, 6.07) is 13.5. The van der Waals surface area contributed by atoms with E-state index in [0.717, 1.165) is 16.9 Å². The lowest BCUT2D eigenvalue weighted by Gasteiger charge is -2.02. The molecule has 0 aliphatic carbocycles. The first kappa shape index (κ1) is 10.5. The molecule has 0 aliphatic heterocycles. The van der Waals surface area contributed by atoms with Crippen molar-refractivity contribution in [1.29, 1.82) is 0 Å². The largest absolute Gasteiger partial charge is 0.398 e. The van der Waals surface area contributed by atoms with Gasteiger partial charge < -0.3 is 5.73 Å².